The fourth-order valence-electron chi connectivity index (χ4n) is 2.13. The Morgan fingerprint density at radius 2 is 1.85 bits per heavy atom. The Labute approximate surface area is 159 Å². The number of aromatic nitrogens is 4. The number of amides is 3. The Morgan fingerprint density at radius 3 is 2.56 bits per heavy atom. The molecule has 0 aliphatic rings. The van der Waals surface area contributed by atoms with E-state index in [1.165, 1.54) is 4.68 Å². The van der Waals surface area contributed by atoms with Crippen LogP contribution in [0.1, 0.15) is 0 Å². The average molecular weight is 384 g/mol. The molecule has 3 rings (SSSR count). The van der Waals surface area contributed by atoms with Crippen LogP contribution in [0.2, 0.25) is 0 Å². The van der Waals surface area contributed by atoms with Gasteiger partial charge in [-0.2, -0.15) is 4.68 Å². The molecule has 3 aromatic rings. The Morgan fingerprint density at radius 1 is 1.11 bits per heavy atom. The van der Waals surface area contributed by atoms with Gasteiger partial charge in [-0.05, 0) is 46.8 Å². The van der Waals surface area contributed by atoms with Crippen LogP contribution in [-0.4, -0.2) is 45.0 Å². The zero-order valence-corrected chi connectivity index (χ0v) is 15.1. The first-order valence-corrected chi connectivity index (χ1v) is 8.86. The van der Waals surface area contributed by atoms with Crippen molar-refractivity contribution in [2.24, 2.45) is 0 Å². The van der Waals surface area contributed by atoms with Crippen LogP contribution in [0, 0.1) is 0 Å². The SMILES string of the molecule is COc1ccc(NC(=O)NC(=O)CSc2nnnn2-c2ccccc2)cc1. The molecule has 9 nitrogen and oxygen atoms in total. The van der Waals surface area contributed by atoms with Gasteiger partial charge in [-0.15, -0.1) is 5.10 Å². The third kappa shape index (κ3) is 5.05. The third-order valence-corrected chi connectivity index (χ3v) is 4.29. The zero-order valence-electron chi connectivity index (χ0n) is 14.3. The standard InChI is InChI=1S/C17H16N6O3S/c1-26-14-9-7-12(8-10-14)18-16(25)19-15(24)11-27-17-20-21-22-23(17)13-5-3-2-4-6-13/h2-10H,11H2,1H3,(H2,18,19,24,25). The van der Waals surface area contributed by atoms with Gasteiger partial charge in [-0.3, -0.25) is 10.1 Å². The number of anilines is 1. The van der Waals surface area contributed by atoms with Gasteiger partial charge in [0.2, 0.25) is 11.1 Å². The molecule has 0 spiro atoms. The number of para-hydroxylation sites is 1. The first kappa shape index (κ1) is 18.4. The number of benzene rings is 2. The molecule has 27 heavy (non-hydrogen) atoms. The first-order valence-electron chi connectivity index (χ1n) is 7.87. The Bertz CT molecular complexity index is 914. The van der Waals surface area contributed by atoms with E-state index in [1.54, 1.807) is 31.4 Å². The topological polar surface area (TPSA) is 111 Å². The lowest BCUT2D eigenvalue weighted by Gasteiger charge is -2.07. The minimum Gasteiger partial charge on any atom is -0.497 e. The average Bonchev–Trinajstić information content (AvgIpc) is 3.16. The Balaban J connectivity index is 1.51. The van der Waals surface area contributed by atoms with E-state index in [-0.39, 0.29) is 5.75 Å². The van der Waals surface area contributed by atoms with E-state index in [0.29, 0.717) is 16.6 Å². The van der Waals surface area contributed by atoms with Gasteiger partial charge < -0.3 is 10.1 Å². The Hall–Kier alpha value is -3.40. The molecule has 3 amide bonds. The van der Waals surface area contributed by atoms with Crippen molar-refractivity contribution in [3.05, 3.63) is 54.6 Å². The van der Waals surface area contributed by atoms with Gasteiger partial charge in [0, 0.05) is 5.69 Å². The van der Waals surface area contributed by atoms with Crippen LogP contribution in [0.5, 0.6) is 5.75 Å². The predicted octanol–water partition coefficient (Wildman–Crippen LogP) is 2.11. The van der Waals surface area contributed by atoms with Crippen molar-refractivity contribution in [2.75, 3.05) is 18.2 Å². The van der Waals surface area contributed by atoms with Crippen molar-refractivity contribution in [3.8, 4) is 11.4 Å². The molecule has 0 unspecified atom stereocenters. The van der Waals surface area contributed by atoms with E-state index >= 15 is 0 Å². The highest BCUT2D eigenvalue weighted by molar-refractivity contribution is 7.99. The highest BCUT2D eigenvalue weighted by Crippen LogP contribution is 2.18. The molecular formula is C17H16N6O3S. The number of nitrogens with one attached hydrogen (secondary N) is 2. The summed E-state index contributed by atoms with van der Waals surface area (Å²) < 4.78 is 6.57. The van der Waals surface area contributed by atoms with Gasteiger partial charge in [0.15, 0.2) is 0 Å². The largest absolute Gasteiger partial charge is 0.497 e. The summed E-state index contributed by atoms with van der Waals surface area (Å²) in [6.45, 7) is 0. The summed E-state index contributed by atoms with van der Waals surface area (Å²) in [5, 5.41) is 16.7. The maximum atomic E-state index is 12.0. The molecule has 2 aromatic carbocycles. The summed E-state index contributed by atoms with van der Waals surface area (Å²) in [6.07, 6.45) is 0. The molecule has 0 saturated carbocycles. The number of hydrogen-bond acceptors (Lipinski definition) is 7. The quantitative estimate of drug-likeness (QED) is 0.626. The fourth-order valence-corrected chi connectivity index (χ4v) is 2.82. The maximum Gasteiger partial charge on any atom is 0.325 e. The lowest BCUT2D eigenvalue weighted by molar-refractivity contribution is -0.117. The summed E-state index contributed by atoms with van der Waals surface area (Å²) in [5.74, 6) is 0.196. The summed E-state index contributed by atoms with van der Waals surface area (Å²) >= 11 is 1.13. The number of imide groups is 1. The molecule has 0 radical (unpaired) electrons. The van der Waals surface area contributed by atoms with Crippen LogP contribution in [0.15, 0.2) is 59.8 Å². The van der Waals surface area contributed by atoms with Crippen LogP contribution in [0.3, 0.4) is 0 Å². The predicted molar refractivity (Wildman–Crippen MR) is 100 cm³/mol. The van der Waals surface area contributed by atoms with E-state index in [2.05, 4.69) is 26.2 Å². The molecule has 0 aliphatic carbocycles. The third-order valence-electron chi connectivity index (χ3n) is 3.37. The highest BCUT2D eigenvalue weighted by atomic mass is 32.2. The van der Waals surface area contributed by atoms with Crippen LogP contribution in [0.4, 0.5) is 10.5 Å². The second-order valence-corrected chi connectivity index (χ2v) is 6.17. The van der Waals surface area contributed by atoms with E-state index < -0.39 is 11.9 Å². The molecule has 0 atom stereocenters. The van der Waals surface area contributed by atoms with Crippen LogP contribution in [-0.2, 0) is 4.79 Å². The smallest absolute Gasteiger partial charge is 0.325 e. The molecule has 2 N–H and O–H groups in total. The molecule has 0 saturated heterocycles. The zero-order chi connectivity index (χ0) is 19.1. The van der Waals surface area contributed by atoms with Crippen molar-refractivity contribution in [2.45, 2.75) is 5.16 Å². The molecule has 0 bridgehead atoms. The van der Waals surface area contributed by atoms with Crippen LogP contribution < -0.4 is 15.4 Å². The summed E-state index contributed by atoms with van der Waals surface area (Å²) in [4.78, 5) is 23.9. The Kier molecular flexibility index (Phi) is 6.00. The lowest BCUT2D eigenvalue weighted by atomic mass is 10.3. The van der Waals surface area contributed by atoms with Crippen LogP contribution in [0.25, 0.3) is 5.69 Å². The van der Waals surface area contributed by atoms with Gasteiger partial charge >= 0.3 is 6.03 Å². The second kappa shape index (κ2) is 8.81. The highest BCUT2D eigenvalue weighted by Gasteiger charge is 2.13. The van der Waals surface area contributed by atoms with Gasteiger partial charge in [0.1, 0.15) is 5.75 Å². The minimum absolute atomic E-state index is 0.0107. The monoisotopic (exact) mass is 384 g/mol. The number of nitrogens with zero attached hydrogens (tertiary/aromatic N) is 4. The number of methoxy groups -OCH3 is 1. The summed E-state index contributed by atoms with van der Waals surface area (Å²) in [6, 6.07) is 15.4. The van der Waals surface area contributed by atoms with E-state index in [1.807, 2.05) is 30.3 Å². The number of hydrogen-bond donors (Lipinski definition) is 2. The van der Waals surface area contributed by atoms with Crippen molar-refractivity contribution in [1.82, 2.24) is 25.5 Å². The number of rotatable bonds is 6. The summed E-state index contributed by atoms with van der Waals surface area (Å²) in [5.41, 5.74) is 1.32. The number of tetrazole rings is 1. The first-order chi connectivity index (χ1) is 13.2. The molecule has 1 heterocycles. The molecule has 10 heteroatoms. The van der Waals surface area contributed by atoms with E-state index in [9.17, 15) is 9.59 Å². The van der Waals surface area contributed by atoms with Gasteiger partial charge in [0.25, 0.3) is 0 Å². The number of carbonyl (C=O) groups is 2. The van der Waals surface area contributed by atoms with Gasteiger partial charge in [-0.1, -0.05) is 30.0 Å². The van der Waals surface area contributed by atoms with E-state index in [0.717, 1.165) is 17.4 Å². The van der Waals surface area contributed by atoms with Crippen molar-refractivity contribution < 1.29 is 14.3 Å². The minimum atomic E-state index is -0.617. The lowest BCUT2D eigenvalue weighted by Crippen LogP contribution is -2.35. The van der Waals surface area contributed by atoms with Crippen molar-refractivity contribution in [3.63, 3.8) is 0 Å². The summed E-state index contributed by atoms with van der Waals surface area (Å²) in [7, 11) is 1.56. The van der Waals surface area contributed by atoms with Crippen molar-refractivity contribution >= 4 is 29.4 Å². The number of urea groups is 1. The fraction of sp³-hybridized carbons (Fsp3) is 0.118. The van der Waals surface area contributed by atoms with E-state index in [4.69, 9.17) is 4.74 Å². The molecule has 0 aliphatic heterocycles. The van der Waals surface area contributed by atoms with Crippen molar-refractivity contribution in [1.29, 1.82) is 0 Å². The van der Waals surface area contributed by atoms with Crippen LogP contribution >= 0.6 is 11.8 Å². The molecule has 0 fully saturated rings. The normalized spacial score (nSPS) is 10.3. The number of ether oxygens (including phenoxy) is 1. The molecule has 1 aromatic heterocycles. The second-order valence-electron chi connectivity index (χ2n) is 5.23. The number of carbonyl (C=O) groups excluding carboxylic acids is 2. The maximum absolute atomic E-state index is 12.0. The molecule has 138 valence electrons. The van der Waals surface area contributed by atoms with Gasteiger partial charge in [-0.25, -0.2) is 4.79 Å². The van der Waals surface area contributed by atoms with Gasteiger partial charge in [0.05, 0.1) is 18.6 Å². The molecular weight excluding hydrogens is 368 g/mol. The number of thioether (sulfide) groups is 1.